The molecule has 2 rings (SSSR count). The average Bonchev–Trinajstić information content (AvgIpc) is 2.69. The van der Waals surface area contributed by atoms with Crippen molar-refractivity contribution < 1.29 is 49.0 Å². The fourth-order valence-electron chi connectivity index (χ4n) is 2.69. The third kappa shape index (κ3) is 6.57. The lowest BCUT2D eigenvalue weighted by molar-refractivity contribution is -0.159. The maximum Gasteiger partial charge on any atom is 0.433 e. The Balaban J connectivity index is 2.80. The van der Waals surface area contributed by atoms with Gasteiger partial charge in [0.2, 0.25) is 12.2 Å². The summed E-state index contributed by atoms with van der Waals surface area (Å²) in [6.07, 6.45) is -17.4. The zero-order valence-corrected chi connectivity index (χ0v) is 18.7. The van der Waals surface area contributed by atoms with Crippen LogP contribution in [0.2, 0.25) is 0 Å². The van der Waals surface area contributed by atoms with Gasteiger partial charge in [-0.15, -0.1) is 0 Å². The van der Waals surface area contributed by atoms with Gasteiger partial charge in [-0.05, 0) is 32.9 Å². The highest BCUT2D eigenvalue weighted by molar-refractivity contribution is 5.76. The second-order valence-corrected chi connectivity index (χ2v) is 8.33. The Morgan fingerprint density at radius 3 is 2.03 bits per heavy atom. The van der Waals surface area contributed by atoms with E-state index < -0.39 is 70.0 Å². The van der Waals surface area contributed by atoms with Crippen molar-refractivity contribution in [2.45, 2.75) is 45.5 Å². The molecule has 0 spiro atoms. The summed E-state index contributed by atoms with van der Waals surface area (Å²) in [5.41, 5.74) is -9.11. The fraction of sp³-hybridized carbons (Fsp3) is 0.381. The highest BCUT2D eigenvalue weighted by Crippen LogP contribution is 2.40. The van der Waals surface area contributed by atoms with Crippen LogP contribution in [0, 0.1) is 5.41 Å². The molecule has 1 aromatic carbocycles. The summed E-state index contributed by atoms with van der Waals surface area (Å²) in [5, 5.41) is 2.00. The van der Waals surface area contributed by atoms with Gasteiger partial charge in [-0.25, -0.2) is 4.98 Å². The van der Waals surface area contributed by atoms with Gasteiger partial charge < -0.3 is 10.1 Å². The van der Waals surface area contributed by atoms with Crippen molar-refractivity contribution in [3.63, 3.8) is 0 Å². The van der Waals surface area contributed by atoms with Crippen molar-refractivity contribution in [1.29, 1.82) is 0 Å². The van der Waals surface area contributed by atoms with E-state index >= 15 is 0 Å². The molecule has 1 aromatic heterocycles. The van der Waals surface area contributed by atoms with Crippen LogP contribution in [0.25, 0.3) is 6.20 Å². The number of aromatic nitrogens is 2. The van der Waals surface area contributed by atoms with Crippen LogP contribution < -0.4 is 10.9 Å². The van der Waals surface area contributed by atoms with E-state index in [4.69, 9.17) is 4.74 Å². The monoisotopic (exact) mass is 531 g/mol. The smallest absolute Gasteiger partial charge is 0.433 e. The summed E-state index contributed by atoms with van der Waals surface area (Å²) < 4.78 is 125. The number of carbonyl (C=O) groups excluding carboxylic acids is 1. The van der Waals surface area contributed by atoms with Crippen LogP contribution in [-0.4, -0.2) is 15.5 Å². The average molecular weight is 531 g/mol. The van der Waals surface area contributed by atoms with Gasteiger partial charge in [0, 0.05) is 17.8 Å². The fourth-order valence-corrected chi connectivity index (χ4v) is 2.69. The molecule has 15 heteroatoms. The molecule has 0 saturated heterocycles. The van der Waals surface area contributed by atoms with Crippen LogP contribution in [0.4, 0.5) is 45.5 Å². The number of alkyl halides is 9. The number of anilines is 1. The van der Waals surface area contributed by atoms with Crippen molar-refractivity contribution >= 4 is 18.1 Å². The van der Waals surface area contributed by atoms with E-state index in [1.54, 1.807) is 0 Å². The minimum atomic E-state index is -5.41. The van der Waals surface area contributed by atoms with E-state index in [9.17, 15) is 49.1 Å². The molecule has 0 amide bonds. The molecule has 0 aliphatic carbocycles. The first kappa shape index (κ1) is 28.7. The highest BCUT2D eigenvalue weighted by atomic mass is 19.4. The van der Waals surface area contributed by atoms with E-state index in [2.05, 4.69) is 11.6 Å². The number of halogens is 9. The minimum absolute atomic E-state index is 0.0856. The van der Waals surface area contributed by atoms with Crippen LogP contribution in [0.1, 0.15) is 49.4 Å². The molecule has 1 heterocycles. The van der Waals surface area contributed by atoms with Crippen LogP contribution in [0.3, 0.4) is 0 Å². The maximum atomic E-state index is 13.7. The number of carbonyl (C=O) groups is 1. The lowest BCUT2D eigenvalue weighted by Crippen LogP contribution is -2.32. The maximum absolute atomic E-state index is 13.7. The van der Waals surface area contributed by atoms with Gasteiger partial charge in [-0.3, -0.25) is 14.2 Å². The highest BCUT2D eigenvalue weighted by Gasteiger charge is 2.41. The van der Waals surface area contributed by atoms with Gasteiger partial charge in [-0.2, -0.15) is 39.5 Å². The molecule has 0 saturated carbocycles. The standard InChI is InChI=1S/C21H18F9N3O3/c1-5-33-14(34)9-13(21(28,29)30)31-17(33)32-15(36-16(35)18(2,3)4)11-7-6-10(19(22,23)24)8-12(11)20(25,26)27/h5-9,15H,1H2,2-4H3,(H,31,32). The molecule has 1 N–H and O–H groups in total. The molecular weight excluding hydrogens is 513 g/mol. The minimum Gasteiger partial charge on any atom is -0.437 e. The van der Waals surface area contributed by atoms with Crippen molar-refractivity contribution in [3.05, 3.63) is 63.6 Å². The Morgan fingerprint density at radius 1 is 1.00 bits per heavy atom. The number of esters is 1. The van der Waals surface area contributed by atoms with Gasteiger partial charge in [0.15, 0.2) is 5.69 Å². The molecule has 0 fully saturated rings. The molecule has 1 unspecified atom stereocenters. The van der Waals surface area contributed by atoms with Crippen molar-refractivity contribution in [2.24, 2.45) is 5.41 Å². The Hall–Kier alpha value is -3.52. The second-order valence-electron chi connectivity index (χ2n) is 8.33. The number of hydrogen-bond donors (Lipinski definition) is 1. The third-order valence-electron chi connectivity index (χ3n) is 4.49. The van der Waals surface area contributed by atoms with E-state index in [0.29, 0.717) is 16.8 Å². The first-order valence-corrected chi connectivity index (χ1v) is 9.75. The Bertz CT molecular complexity index is 1210. The number of benzene rings is 1. The molecule has 0 aliphatic rings. The normalized spacial score (nSPS) is 13.8. The van der Waals surface area contributed by atoms with Crippen molar-refractivity contribution in [1.82, 2.24) is 9.55 Å². The number of hydrogen-bond acceptors (Lipinski definition) is 5. The topological polar surface area (TPSA) is 73.2 Å². The van der Waals surface area contributed by atoms with Crippen molar-refractivity contribution in [2.75, 3.05) is 5.32 Å². The van der Waals surface area contributed by atoms with E-state index in [1.807, 2.05) is 5.32 Å². The van der Waals surface area contributed by atoms with Gasteiger partial charge >= 0.3 is 24.5 Å². The molecule has 0 radical (unpaired) electrons. The molecule has 36 heavy (non-hydrogen) atoms. The Kier molecular flexibility index (Phi) is 7.58. The first-order chi connectivity index (χ1) is 16.2. The zero-order chi connectivity index (χ0) is 27.9. The van der Waals surface area contributed by atoms with E-state index in [1.165, 1.54) is 20.8 Å². The second kappa shape index (κ2) is 9.50. The van der Waals surface area contributed by atoms with Gasteiger partial charge in [0.25, 0.3) is 5.56 Å². The molecule has 0 bridgehead atoms. The summed E-state index contributed by atoms with van der Waals surface area (Å²) in [6.45, 7) is 7.10. The lowest BCUT2D eigenvalue weighted by atomic mass is 9.97. The van der Waals surface area contributed by atoms with Crippen molar-refractivity contribution in [3.8, 4) is 0 Å². The SMILES string of the molecule is C=Cn1c(NC(OC(=O)C(C)(C)C)c2ccc(C(F)(F)F)cc2C(F)(F)F)nc(C(F)(F)F)cc1=O. The summed E-state index contributed by atoms with van der Waals surface area (Å²) in [4.78, 5) is 27.7. The predicted octanol–water partition coefficient (Wildman–Crippen LogP) is 6.10. The summed E-state index contributed by atoms with van der Waals surface area (Å²) in [5.74, 6) is -2.21. The quantitative estimate of drug-likeness (QED) is 0.287. The molecule has 1 atom stereocenters. The summed E-state index contributed by atoms with van der Waals surface area (Å²) >= 11 is 0. The first-order valence-electron chi connectivity index (χ1n) is 9.75. The van der Waals surface area contributed by atoms with E-state index in [-0.39, 0.29) is 18.2 Å². The van der Waals surface area contributed by atoms with Crippen LogP contribution in [-0.2, 0) is 28.1 Å². The molecule has 0 aliphatic heterocycles. The largest absolute Gasteiger partial charge is 0.437 e. The molecule has 6 nitrogen and oxygen atoms in total. The molecule has 2 aromatic rings. The number of nitrogens with one attached hydrogen (secondary N) is 1. The zero-order valence-electron chi connectivity index (χ0n) is 18.7. The van der Waals surface area contributed by atoms with Crippen LogP contribution in [0.15, 0.2) is 35.6 Å². The number of rotatable bonds is 5. The van der Waals surface area contributed by atoms with E-state index in [0.717, 1.165) is 0 Å². The third-order valence-corrected chi connectivity index (χ3v) is 4.49. The van der Waals surface area contributed by atoms with Crippen LogP contribution >= 0.6 is 0 Å². The number of nitrogens with zero attached hydrogens (tertiary/aromatic N) is 2. The Labute approximate surface area is 197 Å². The molecule has 198 valence electrons. The lowest BCUT2D eigenvalue weighted by Gasteiger charge is -2.27. The summed E-state index contributed by atoms with van der Waals surface area (Å²) in [7, 11) is 0. The predicted molar refractivity (Wildman–Crippen MR) is 108 cm³/mol. The van der Waals surface area contributed by atoms with Gasteiger partial charge in [0.05, 0.1) is 16.5 Å². The number of ether oxygens (including phenoxy) is 1. The van der Waals surface area contributed by atoms with Gasteiger partial charge in [0.1, 0.15) is 0 Å². The Morgan fingerprint density at radius 2 is 1.58 bits per heavy atom. The molecular formula is C21H18F9N3O3. The summed E-state index contributed by atoms with van der Waals surface area (Å²) in [6, 6.07) is 0.463. The van der Waals surface area contributed by atoms with Gasteiger partial charge in [-0.1, -0.05) is 12.6 Å². The van der Waals surface area contributed by atoms with Crippen LogP contribution in [0.5, 0.6) is 0 Å².